The van der Waals surface area contributed by atoms with Crippen molar-refractivity contribution in [2.45, 2.75) is 49.0 Å². The Bertz CT molecular complexity index is 1120. The van der Waals surface area contributed by atoms with Crippen LogP contribution in [0.4, 0.5) is 11.4 Å². The zero-order valence-corrected chi connectivity index (χ0v) is 19.5. The average molecular weight is 466 g/mol. The normalized spacial score (nSPS) is 27.8. The van der Waals surface area contributed by atoms with Crippen molar-refractivity contribution in [2.24, 2.45) is 17.8 Å². The predicted molar refractivity (Wildman–Crippen MR) is 131 cm³/mol. The molecule has 4 aliphatic rings. The molecule has 33 heavy (non-hydrogen) atoms. The Hall–Kier alpha value is -2.64. The molecule has 2 aromatic carbocycles. The third-order valence-electron chi connectivity index (χ3n) is 7.46. The highest BCUT2D eigenvalue weighted by Gasteiger charge is 2.51. The summed E-state index contributed by atoms with van der Waals surface area (Å²) in [6.45, 7) is 3.67. The summed E-state index contributed by atoms with van der Waals surface area (Å²) in [5, 5.41) is 6.87. The molecule has 174 valence electrons. The van der Waals surface area contributed by atoms with E-state index in [4.69, 9.17) is 0 Å². The lowest BCUT2D eigenvalue weighted by Crippen LogP contribution is -2.54. The maximum Gasteiger partial charge on any atom is 0.255 e. The zero-order chi connectivity index (χ0) is 23.1. The average Bonchev–Trinajstić information content (AvgIpc) is 2.78. The predicted octanol–water partition coefficient (Wildman–Crippen LogP) is 4.78. The fourth-order valence-electron chi connectivity index (χ4n) is 6.48. The van der Waals surface area contributed by atoms with E-state index >= 15 is 0 Å². The van der Waals surface area contributed by atoms with E-state index in [0.29, 0.717) is 5.56 Å². The quantitative estimate of drug-likeness (QED) is 0.490. The maximum atomic E-state index is 12.9. The van der Waals surface area contributed by atoms with E-state index in [1.54, 1.807) is 0 Å². The van der Waals surface area contributed by atoms with Crippen LogP contribution in [0.1, 0.15) is 48.9 Å². The number of nitrogens with one attached hydrogen (secondary N) is 3. The van der Waals surface area contributed by atoms with Gasteiger partial charge in [0.2, 0.25) is 10.0 Å². The summed E-state index contributed by atoms with van der Waals surface area (Å²) in [5.74, 6) is 2.24. The second kappa shape index (κ2) is 8.61. The van der Waals surface area contributed by atoms with Gasteiger partial charge in [0.1, 0.15) is 0 Å². The fraction of sp³-hybridized carbons (Fsp3) is 0.423. The van der Waals surface area contributed by atoms with Crippen molar-refractivity contribution in [2.75, 3.05) is 17.2 Å². The van der Waals surface area contributed by atoms with Crippen molar-refractivity contribution in [3.8, 4) is 0 Å². The molecule has 0 atom stereocenters. The van der Waals surface area contributed by atoms with E-state index in [9.17, 15) is 13.2 Å². The van der Waals surface area contributed by atoms with Crippen LogP contribution in [0.25, 0.3) is 0 Å². The molecule has 1 amide bonds. The van der Waals surface area contributed by atoms with Crippen LogP contribution in [-0.2, 0) is 10.0 Å². The molecule has 2 aromatic rings. The molecule has 6 rings (SSSR count). The van der Waals surface area contributed by atoms with E-state index in [1.165, 1.54) is 68.9 Å². The van der Waals surface area contributed by atoms with Crippen LogP contribution >= 0.6 is 0 Å². The van der Waals surface area contributed by atoms with Crippen molar-refractivity contribution in [1.82, 2.24) is 4.72 Å². The number of para-hydroxylation sites is 2. The monoisotopic (exact) mass is 465 g/mol. The lowest BCUT2D eigenvalue weighted by molar-refractivity contribution is 0.0107. The van der Waals surface area contributed by atoms with Gasteiger partial charge >= 0.3 is 0 Å². The number of amides is 1. The minimum atomic E-state index is -3.62. The van der Waals surface area contributed by atoms with Crippen LogP contribution in [0.15, 0.2) is 66.1 Å². The first-order valence-electron chi connectivity index (χ1n) is 11.7. The van der Waals surface area contributed by atoms with Gasteiger partial charge in [-0.2, -0.15) is 0 Å². The Morgan fingerprint density at radius 1 is 0.939 bits per heavy atom. The molecule has 3 N–H and O–H groups in total. The van der Waals surface area contributed by atoms with Crippen LogP contribution in [0, 0.1) is 17.8 Å². The van der Waals surface area contributed by atoms with Crippen molar-refractivity contribution in [1.29, 1.82) is 0 Å². The summed E-state index contributed by atoms with van der Waals surface area (Å²) in [7, 11) is -3.62. The SMILES string of the molecule is C=CCNS(=O)(=O)c1ccc(C(=O)Nc2ccccc2NC23CC4CC(CC(C4)C2)C3)cc1. The minimum absolute atomic E-state index is 0.116. The zero-order valence-electron chi connectivity index (χ0n) is 18.7. The Kier molecular flexibility index (Phi) is 5.79. The summed E-state index contributed by atoms with van der Waals surface area (Å²) < 4.78 is 26.9. The maximum absolute atomic E-state index is 12.9. The van der Waals surface area contributed by atoms with E-state index in [2.05, 4.69) is 21.9 Å². The Balaban J connectivity index is 1.30. The highest BCUT2D eigenvalue weighted by atomic mass is 32.2. The minimum Gasteiger partial charge on any atom is -0.378 e. The smallest absolute Gasteiger partial charge is 0.255 e. The van der Waals surface area contributed by atoms with E-state index in [0.717, 1.165) is 29.1 Å². The Labute approximate surface area is 195 Å². The highest BCUT2D eigenvalue weighted by molar-refractivity contribution is 7.89. The molecule has 0 unspecified atom stereocenters. The number of carbonyl (C=O) groups is 1. The standard InChI is InChI=1S/C26H31N3O3S/c1-2-11-27-33(31,32)22-9-7-21(8-10-22)25(30)28-23-5-3-4-6-24(23)29-26-15-18-12-19(16-26)14-20(13-18)17-26/h2-10,18-20,27,29H,1,11-17H2,(H,28,30). The fourth-order valence-corrected chi connectivity index (χ4v) is 7.48. The first-order chi connectivity index (χ1) is 15.9. The second-order valence-electron chi connectivity index (χ2n) is 9.99. The van der Waals surface area contributed by atoms with Gasteiger partial charge in [-0.1, -0.05) is 18.2 Å². The van der Waals surface area contributed by atoms with Crippen LogP contribution < -0.4 is 15.4 Å². The molecule has 0 saturated heterocycles. The number of carbonyl (C=O) groups excluding carboxylic acids is 1. The van der Waals surface area contributed by atoms with Crippen LogP contribution in [0.3, 0.4) is 0 Å². The first-order valence-corrected chi connectivity index (χ1v) is 13.2. The summed E-state index contributed by atoms with van der Waals surface area (Å²) in [5.41, 5.74) is 2.26. The summed E-state index contributed by atoms with van der Waals surface area (Å²) in [4.78, 5) is 13.1. The molecule has 7 heteroatoms. The molecular weight excluding hydrogens is 434 g/mol. The van der Waals surface area contributed by atoms with E-state index < -0.39 is 10.0 Å². The highest BCUT2D eigenvalue weighted by Crippen LogP contribution is 2.56. The summed E-state index contributed by atoms with van der Waals surface area (Å²) in [6, 6.07) is 13.8. The van der Waals surface area contributed by atoms with Gasteiger partial charge in [0, 0.05) is 17.6 Å². The Morgan fingerprint density at radius 2 is 1.52 bits per heavy atom. The largest absolute Gasteiger partial charge is 0.378 e. The number of hydrogen-bond acceptors (Lipinski definition) is 4. The number of hydrogen-bond donors (Lipinski definition) is 3. The van der Waals surface area contributed by atoms with Crippen molar-refractivity contribution >= 4 is 27.3 Å². The molecule has 6 nitrogen and oxygen atoms in total. The molecule has 4 bridgehead atoms. The number of rotatable bonds is 8. The Morgan fingerprint density at radius 3 is 2.09 bits per heavy atom. The van der Waals surface area contributed by atoms with Gasteiger partial charge in [-0.05, 0) is 92.7 Å². The van der Waals surface area contributed by atoms with Gasteiger partial charge in [-0.3, -0.25) is 4.79 Å². The number of benzene rings is 2. The molecule has 0 spiro atoms. The molecule has 4 aliphatic carbocycles. The third-order valence-corrected chi connectivity index (χ3v) is 8.90. The van der Waals surface area contributed by atoms with Crippen LogP contribution in [0.5, 0.6) is 0 Å². The second-order valence-corrected chi connectivity index (χ2v) is 11.8. The molecule has 4 fully saturated rings. The van der Waals surface area contributed by atoms with Crippen LogP contribution in [-0.4, -0.2) is 26.4 Å². The lowest BCUT2D eigenvalue weighted by Gasteiger charge is -2.57. The van der Waals surface area contributed by atoms with Gasteiger partial charge in [-0.25, -0.2) is 13.1 Å². The first kappa shape index (κ1) is 22.2. The molecule has 4 saturated carbocycles. The van der Waals surface area contributed by atoms with Gasteiger partial charge < -0.3 is 10.6 Å². The van der Waals surface area contributed by atoms with Crippen molar-refractivity contribution < 1.29 is 13.2 Å². The number of sulfonamides is 1. The molecule has 0 aliphatic heterocycles. The van der Waals surface area contributed by atoms with E-state index in [-0.39, 0.29) is 22.9 Å². The van der Waals surface area contributed by atoms with Crippen molar-refractivity contribution in [3.05, 3.63) is 66.7 Å². The molecule has 0 aromatic heterocycles. The van der Waals surface area contributed by atoms with Gasteiger partial charge in [-0.15, -0.1) is 6.58 Å². The van der Waals surface area contributed by atoms with Crippen LogP contribution in [0.2, 0.25) is 0 Å². The summed E-state index contributed by atoms with van der Waals surface area (Å²) in [6.07, 6.45) is 9.29. The number of anilines is 2. The topological polar surface area (TPSA) is 87.3 Å². The van der Waals surface area contributed by atoms with Gasteiger partial charge in [0.05, 0.1) is 16.3 Å². The van der Waals surface area contributed by atoms with Gasteiger partial charge in [0.15, 0.2) is 0 Å². The molecular formula is C26H31N3O3S. The third kappa shape index (κ3) is 4.57. The van der Waals surface area contributed by atoms with Gasteiger partial charge in [0.25, 0.3) is 5.91 Å². The van der Waals surface area contributed by atoms with Crippen molar-refractivity contribution in [3.63, 3.8) is 0 Å². The molecule has 0 heterocycles. The lowest BCUT2D eigenvalue weighted by atomic mass is 9.53. The van der Waals surface area contributed by atoms with E-state index in [1.807, 2.05) is 24.3 Å². The molecule has 0 radical (unpaired) electrons. The summed E-state index contributed by atoms with van der Waals surface area (Å²) >= 11 is 0.